The number of hydrogen-bond acceptors (Lipinski definition) is 5. The van der Waals surface area contributed by atoms with Crippen LogP contribution in [-0.4, -0.2) is 71.3 Å². The molecule has 3 rings (SSSR count). The van der Waals surface area contributed by atoms with Crippen molar-refractivity contribution < 1.29 is 14.0 Å². The van der Waals surface area contributed by atoms with Gasteiger partial charge in [-0.1, -0.05) is 24.0 Å². The molecule has 0 N–H and O–H groups in total. The van der Waals surface area contributed by atoms with E-state index < -0.39 is 17.5 Å². The lowest BCUT2D eigenvalue weighted by atomic mass is 10.1. The van der Waals surface area contributed by atoms with Crippen LogP contribution in [-0.2, 0) is 4.79 Å². The van der Waals surface area contributed by atoms with Gasteiger partial charge in [-0.25, -0.2) is 4.39 Å². The van der Waals surface area contributed by atoms with E-state index in [-0.39, 0.29) is 5.56 Å². The van der Waals surface area contributed by atoms with Gasteiger partial charge in [-0.2, -0.15) is 0 Å². The van der Waals surface area contributed by atoms with Crippen molar-refractivity contribution in [3.05, 3.63) is 29.6 Å². The van der Waals surface area contributed by atoms with E-state index in [0.717, 1.165) is 36.6 Å². The number of carbonyl (C=O) groups is 2. The lowest BCUT2D eigenvalue weighted by molar-refractivity contribution is -0.114. The molecule has 24 heavy (non-hydrogen) atoms. The normalized spacial score (nSPS) is 18.2. The van der Waals surface area contributed by atoms with Crippen LogP contribution in [0.4, 0.5) is 10.1 Å². The third-order valence-corrected chi connectivity index (χ3v) is 5.74. The molecule has 1 aromatic rings. The molecule has 0 aromatic heterocycles. The summed E-state index contributed by atoms with van der Waals surface area (Å²) in [7, 11) is 2.09. The summed E-state index contributed by atoms with van der Waals surface area (Å²) in [5.74, 6) is -1.15. The van der Waals surface area contributed by atoms with Gasteiger partial charge in [0.1, 0.15) is 10.1 Å². The molecule has 1 aromatic carbocycles. The molecule has 1 fully saturated rings. The highest BCUT2D eigenvalue weighted by Gasteiger charge is 2.35. The minimum Gasteiger partial charge on any atom is -0.355 e. The molecule has 5 nitrogen and oxygen atoms in total. The van der Waals surface area contributed by atoms with Crippen LogP contribution in [0.25, 0.3) is 0 Å². The summed E-state index contributed by atoms with van der Waals surface area (Å²) in [5, 5.41) is 0. The van der Waals surface area contributed by atoms with E-state index in [2.05, 4.69) is 16.8 Å². The highest BCUT2D eigenvalue weighted by Crippen LogP contribution is 2.29. The van der Waals surface area contributed by atoms with Crippen molar-refractivity contribution in [3.63, 3.8) is 0 Å². The summed E-state index contributed by atoms with van der Waals surface area (Å²) in [6, 6.07) is 3.87. The van der Waals surface area contributed by atoms with Crippen molar-refractivity contribution in [2.75, 3.05) is 50.4 Å². The van der Waals surface area contributed by atoms with Crippen LogP contribution in [0.5, 0.6) is 0 Å². The minimum absolute atomic E-state index is 0.145. The first kappa shape index (κ1) is 17.3. The van der Waals surface area contributed by atoms with Crippen molar-refractivity contribution in [2.45, 2.75) is 0 Å². The van der Waals surface area contributed by atoms with Gasteiger partial charge in [0.2, 0.25) is 0 Å². The molecule has 1 saturated heterocycles. The number of fused-ring (bicyclic) bond motifs is 1. The molecule has 0 bridgehead atoms. The van der Waals surface area contributed by atoms with Crippen LogP contribution in [0.2, 0.25) is 0 Å². The highest BCUT2D eigenvalue weighted by molar-refractivity contribution is 8.22. The van der Waals surface area contributed by atoms with Crippen molar-refractivity contribution in [2.24, 2.45) is 0 Å². The summed E-state index contributed by atoms with van der Waals surface area (Å²) in [6.07, 6.45) is 0. The fourth-order valence-corrected chi connectivity index (χ4v) is 4.05. The zero-order valence-corrected chi connectivity index (χ0v) is 15.0. The summed E-state index contributed by atoms with van der Waals surface area (Å²) in [5.41, 5.74) is 0.629. The standard InChI is InChI=1S/C16H18FN3O2S2/c1-18-4-6-19(7-5-18)16(23)24-9-8-20-13-3-2-11(17)10-12(13)14(21)15(20)22/h2-3,10H,4-9H2,1H3. The van der Waals surface area contributed by atoms with Crippen LogP contribution in [0, 0.1) is 5.82 Å². The van der Waals surface area contributed by atoms with Gasteiger partial charge in [-0.05, 0) is 25.2 Å². The summed E-state index contributed by atoms with van der Waals surface area (Å²) in [6.45, 7) is 4.16. The van der Waals surface area contributed by atoms with E-state index >= 15 is 0 Å². The Kier molecular flexibility index (Phi) is 5.17. The molecule has 0 unspecified atom stereocenters. The Bertz CT molecular complexity index is 690. The maximum atomic E-state index is 13.3. The van der Waals surface area contributed by atoms with E-state index in [1.54, 1.807) is 0 Å². The molecule has 2 aliphatic rings. The number of anilines is 1. The molecular formula is C16H18FN3O2S2. The third kappa shape index (κ3) is 3.45. The van der Waals surface area contributed by atoms with Crippen molar-refractivity contribution >= 4 is 45.7 Å². The minimum atomic E-state index is -0.642. The Labute approximate surface area is 149 Å². The van der Waals surface area contributed by atoms with Gasteiger partial charge >= 0.3 is 0 Å². The number of Topliss-reactive ketones (excluding diaryl/α,β-unsaturated/α-hetero) is 1. The predicted octanol–water partition coefficient (Wildman–Crippen LogP) is 1.62. The number of ketones is 1. The van der Waals surface area contributed by atoms with E-state index in [4.69, 9.17) is 12.2 Å². The quantitative estimate of drug-likeness (QED) is 0.598. The second-order valence-electron chi connectivity index (χ2n) is 5.85. The van der Waals surface area contributed by atoms with Gasteiger partial charge in [-0.3, -0.25) is 9.59 Å². The first-order valence-corrected chi connectivity index (χ1v) is 9.13. The lowest BCUT2D eigenvalue weighted by Crippen LogP contribution is -2.46. The Morgan fingerprint density at radius 1 is 1.25 bits per heavy atom. The Morgan fingerprint density at radius 2 is 1.96 bits per heavy atom. The fourth-order valence-electron chi connectivity index (χ4n) is 2.80. The van der Waals surface area contributed by atoms with Gasteiger partial charge in [0.15, 0.2) is 0 Å². The molecule has 0 atom stereocenters. The molecule has 0 spiro atoms. The van der Waals surface area contributed by atoms with Crippen molar-refractivity contribution in [3.8, 4) is 0 Å². The second-order valence-corrected chi connectivity index (χ2v) is 7.58. The third-order valence-electron chi connectivity index (χ3n) is 4.24. The van der Waals surface area contributed by atoms with Crippen LogP contribution in [0.3, 0.4) is 0 Å². The largest absolute Gasteiger partial charge is 0.355 e. The van der Waals surface area contributed by atoms with Gasteiger partial charge in [-0.15, -0.1) is 0 Å². The maximum Gasteiger partial charge on any atom is 0.299 e. The number of thioether (sulfide) groups is 1. The smallest absolute Gasteiger partial charge is 0.299 e. The number of nitrogens with zero attached hydrogens (tertiary/aromatic N) is 3. The molecule has 8 heteroatoms. The molecule has 0 aliphatic carbocycles. The Morgan fingerprint density at radius 3 is 2.67 bits per heavy atom. The molecule has 2 aliphatic heterocycles. The number of hydrogen-bond donors (Lipinski definition) is 0. The number of piperazine rings is 1. The Hall–Kier alpha value is -1.51. The molecule has 128 valence electrons. The van der Waals surface area contributed by atoms with Gasteiger partial charge in [0.05, 0.1) is 11.3 Å². The van der Waals surface area contributed by atoms with Gasteiger partial charge < -0.3 is 14.7 Å². The number of benzene rings is 1. The zero-order valence-electron chi connectivity index (χ0n) is 13.3. The number of halogens is 1. The average Bonchev–Trinajstić information content (AvgIpc) is 2.80. The maximum absolute atomic E-state index is 13.3. The monoisotopic (exact) mass is 367 g/mol. The Balaban J connectivity index is 1.57. The highest BCUT2D eigenvalue weighted by atomic mass is 32.2. The van der Waals surface area contributed by atoms with Crippen LogP contribution in [0.1, 0.15) is 10.4 Å². The van der Waals surface area contributed by atoms with Crippen molar-refractivity contribution in [1.82, 2.24) is 9.80 Å². The SMILES string of the molecule is CN1CCN(C(=S)SCCN2C(=O)C(=O)c3cc(F)ccc32)CC1. The summed E-state index contributed by atoms with van der Waals surface area (Å²) in [4.78, 5) is 29.9. The number of carbonyl (C=O) groups excluding carboxylic acids is 2. The topological polar surface area (TPSA) is 43.9 Å². The average molecular weight is 367 g/mol. The van der Waals surface area contributed by atoms with Gasteiger partial charge in [0.25, 0.3) is 11.7 Å². The first-order valence-electron chi connectivity index (χ1n) is 7.73. The number of rotatable bonds is 3. The van der Waals surface area contributed by atoms with E-state index in [1.807, 2.05) is 0 Å². The summed E-state index contributed by atoms with van der Waals surface area (Å²) >= 11 is 6.96. The molecule has 1 amide bonds. The number of amides is 1. The zero-order chi connectivity index (χ0) is 17.3. The van der Waals surface area contributed by atoms with E-state index in [9.17, 15) is 14.0 Å². The first-order chi connectivity index (χ1) is 11.5. The molecule has 0 saturated carbocycles. The number of likely N-dealkylation sites (N-methyl/N-ethyl adjacent to an activating group) is 1. The molecule has 0 radical (unpaired) electrons. The second kappa shape index (κ2) is 7.16. The van der Waals surface area contributed by atoms with Crippen molar-refractivity contribution in [1.29, 1.82) is 0 Å². The van der Waals surface area contributed by atoms with Crippen LogP contribution in [0.15, 0.2) is 18.2 Å². The summed E-state index contributed by atoms with van der Waals surface area (Å²) < 4.78 is 14.1. The number of thiocarbonyl (C=S) groups is 1. The van der Waals surface area contributed by atoms with Crippen LogP contribution >= 0.6 is 24.0 Å². The van der Waals surface area contributed by atoms with E-state index in [1.165, 1.54) is 28.8 Å². The van der Waals surface area contributed by atoms with Crippen LogP contribution < -0.4 is 4.90 Å². The predicted molar refractivity (Wildman–Crippen MR) is 97.2 cm³/mol. The molecular weight excluding hydrogens is 349 g/mol. The van der Waals surface area contributed by atoms with Gasteiger partial charge in [0, 0.05) is 38.5 Å². The molecule has 2 heterocycles. The lowest BCUT2D eigenvalue weighted by Gasteiger charge is -2.33. The van der Waals surface area contributed by atoms with E-state index in [0.29, 0.717) is 18.0 Å². The fraction of sp³-hybridized carbons (Fsp3) is 0.438.